The summed E-state index contributed by atoms with van der Waals surface area (Å²) < 4.78 is 0. The minimum absolute atomic E-state index is 0.147. The van der Waals surface area contributed by atoms with Gasteiger partial charge in [0.2, 0.25) is 5.91 Å². The van der Waals surface area contributed by atoms with Crippen LogP contribution >= 0.6 is 11.3 Å². The van der Waals surface area contributed by atoms with Crippen LogP contribution in [-0.2, 0) is 22.6 Å². The first-order chi connectivity index (χ1) is 10.0. The number of carbonyl (C=O) groups excluding carboxylic acids is 1. The average Bonchev–Trinajstić information content (AvgIpc) is 3.11. The predicted molar refractivity (Wildman–Crippen MR) is 81.0 cm³/mol. The largest absolute Gasteiger partial charge is 0.481 e. The van der Waals surface area contributed by atoms with E-state index in [1.807, 2.05) is 13.1 Å². The lowest BCUT2D eigenvalue weighted by Crippen LogP contribution is -2.34. The Morgan fingerprint density at radius 2 is 2.10 bits per heavy atom. The molecule has 2 N–H and O–H groups in total. The van der Waals surface area contributed by atoms with E-state index in [4.69, 9.17) is 0 Å². The van der Waals surface area contributed by atoms with Gasteiger partial charge in [0.05, 0.1) is 18.4 Å². The molecule has 1 aromatic rings. The highest BCUT2D eigenvalue weighted by atomic mass is 32.1. The molecule has 2 rings (SSSR count). The van der Waals surface area contributed by atoms with E-state index >= 15 is 0 Å². The number of aromatic nitrogens is 1. The summed E-state index contributed by atoms with van der Waals surface area (Å²) in [5, 5.41) is 13.0. The van der Waals surface area contributed by atoms with Gasteiger partial charge in [-0.05, 0) is 25.2 Å². The molecular formula is C15H22N2O3S. The number of thiazole rings is 1. The van der Waals surface area contributed by atoms with Crippen molar-refractivity contribution in [2.75, 3.05) is 0 Å². The average molecular weight is 310 g/mol. The zero-order chi connectivity index (χ0) is 15.4. The van der Waals surface area contributed by atoms with Gasteiger partial charge in [0.15, 0.2) is 0 Å². The lowest BCUT2D eigenvalue weighted by Gasteiger charge is -2.14. The Hall–Kier alpha value is -1.43. The number of rotatable bonds is 6. The third-order valence-corrected chi connectivity index (χ3v) is 5.40. The fourth-order valence-corrected chi connectivity index (χ4v) is 3.73. The van der Waals surface area contributed by atoms with Gasteiger partial charge < -0.3 is 10.4 Å². The van der Waals surface area contributed by atoms with Crippen molar-refractivity contribution in [2.24, 2.45) is 17.8 Å². The van der Waals surface area contributed by atoms with Crippen LogP contribution in [0.3, 0.4) is 0 Å². The number of aliphatic carboxylic acids is 1. The van der Waals surface area contributed by atoms with Crippen LogP contribution in [0.4, 0.5) is 0 Å². The van der Waals surface area contributed by atoms with Gasteiger partial charge in [-0.15, -0.1) is 11.3 Å². The molecular weight excluding hydrogens is 288 g/mol. The standard InChI is InChI=1S/C15H22N2O3S/c1-3-9-5-11(12(6-9)15(19)20)14(18)17-8-13-16-7-10(4-2)21-13/h7,9,11-12H,3-6,8H2,1-2H3,(H,17,18)(H,19,20). The zero-order valence-electron chi connectivity index (χ0n) is 12.5. The Morgan fingerprint density at radius 3 is 2.67 bits per heavy atom. The summed E-state index contributed by atoms with van der Waals surface area (Å²) in [4.78, 5) is 29.0. The number of aryl methyl sites for hydroxylation is 1. The van der Waals surface area contributed by atoms with Crippen LogP contribution in [0.5, 0.6) is 0 Å². The third kappa shape index (κ3) is 3.81. The van der Waals surface area contributed by atoms with Crippen molar-refractivity contribution in [3.63, 3.8) is 0 Å². The van der Waals surface area contributed by atoms with Crippen molar-refractivity contribution in [3.8, 4) is 0 Å². The molecule has 0 aromatic carbocycles. The highest BCUT2D eigenvalue weighted by molar-refractivity contribution is 7.11. The van der Waals surface area contributed by atoms with Gasteiger partial charge >= 0.3 is 5.97 Å². The molecule has 0 aliphatic heterocycles. The van der Waals surface area contributed by atoms with Gasteiger partial charge in [0.25, 0.3) is 0 Å². The summed E-state index contributed by atoms with van der Waals surface area (Å²) in [6.45, 7) is 4.51. The number of carboxylic acid groups (broad SMARTS) is 1. The van der Waals surface area contributed by atoms with Crippen LogP contribution in [0.25, 0.3) is 0 Å². The molecule has 0 radical (unpaired) electrons. The molecule has 0 spiro atoms. The zero-order valence-corrected chi connectivity index (χ0v) is 13.3. The van der Waals surface area contributed by atoms with E-state index in [9.17, 15) is 14.7 Å². The van der Waals surface area contributed by atoms with Crippen molar-refractivity contribution in [3.05, 3.63) is 16.1 Å². The summed E-state index contributed by atoms with van der Waals surface area (Å²) in [6.07, 6.45) is 4.99. The second-order valence-corrected chi connectivity index (χ2v) is 6.79. The number of carbonyl (C=O) groups is 2. The van der Waals surface area contributed by atoms with E-state index in [1.54, 1.807) is 11.3 Å². The molecule has 3 unspecified atom stereocenters. The Morgan fingerprint density at radius 1 is 1.38 bits per heavy atom. The SMILES string of the molecule is CCc1cnc(CNC(=O)C2CC(CC)CC2C(=O)O)s1. The summed E-state index contributed by atoms with van der Waals surface area (Å²) in [6, 6.07) is 0. The van der Waals surface area contributed by atoms with Gasteiger partial charge in [-0.25, -0.2) is 4.98 Å². The second kappa shape index (κ2) is 7.02. The maximum absolute atomic E-state index is 12.3. The van der Waals surface area contributed by atoms with Crippen LogP contribution in [0.2, 0.25) is 0 Å². The molecule has 1 amide bonds. The molecule has 1 saturated carbocycles. The Labute approximate surface area is 128 Å². The normalized spacial score (nSPS) is 25.0. The van der Waals surface area contributed by atoms with E-state index in [0.29, 0.717) is 25.3 Å². The van der Waals surface area contributed by atoms with E-state index in [0.717, 1.165) is 17.8 Å². The maximum Gasteiger partial charge on any atom is 0.307 e. The van der Waals surface area contributed by atoms with Gasteiger partial charge in [-0.1, -0.05) is 20.3 Å². The monoisotopic (exact) mass is 310 g/mol. The van der Waals surface area contributed by atoms with E-state index < -0.39 is 17.8 Å². The van der Waals surface area contributed by atoms with Crippen LogP contribution in [0, 0.1) is 17.8 Å². The van der Waals surface area contributed by atoms with E-state index in [2.05, 4.69) is 17.2 Å². The fraction of sp³-hybridized carbons (Fsp3) is 0.667. The number of hydrogen-bond donors (Lipinski definition) is 2. The van der Waals surface area contributed by atoms with Crippen molar-refractivity contribution in [2.45, 2.75) is 46.1 Å². The van der Waals surface area contributed by atoms with Crippen molar-refractivity contribution >= 4 is 23.2 Å². The first-order valence-corrected chi connectivity index (χ1v) is 8.30. The smallest absolute Gasteiger partial charge is 0.307 e. The molecule has 1 aliphatic carbocycles. The number of amides is 1. The van der Waals surface area contributed by atoms with Gasteiger partial charge in [0.1, 0.15) is 5.01 Å². The molecule has 1 heterocycles. The summed E-state index contributed by atoms with van der Waals surface area (Å²) in [5.74, 6) is -1.61. The number of carboxylic acids is 1. The van der Waals surface area contributed by atoms with Crippen molar-refractivity contribution < 1.29 is 14.7 Å². The lowest BCUT2D eigenvalue weighted by atomic mass is 9.95. The first kappa shape index (κ1) is 15.9. The molecule has 0 bridgehead atoms. The fourth-order valence-electron chi connectivity index (χ4n) is 2.93. The molecule has 0 saturated heterocycles. The topological polar surface area (TPSA) is 79.3 Å². The minimum Gasteiger partial charge on any atom is -0.481 e. The molecule has 116 valence electrons. The van der Waals surface area contributed by atoms with Crippen molar-refractivity contribution in [1.82, 2.24) is 10.3 Å². The number of nitrogens with one attached hydrogen (secondary N) is 1. The lowest BCUT2D eigenvalue weighted by molar-refractivity contribution is -0.146. The molecule has 1 aromatic heterocycles. The Bertz CT molecular complexity index is 515. The third-order valence-electron chi connectivity index (χ3n) is 4.26. The number of hydrogen-bond acceptors (Lipinski definition) is 4. The van der Waals surface area contributed by atoms with Gasteiger partial charge in [-0.3, -0.25) is 9.59 Å². The molecule has 5 nitrogen and oxygen atoms in total. The first-order valence-electron chi connectivity index (χ1n) is 7.49. The van der Waals surface area contributed by atoms with Crippen LogP contribution < -0.4 is 5.32 Å². The molecule has 21 heavy (non-hydrogen) atoms. The van der Waals surface area contributed by atoms with Crippen LogP contribution in [0.15, 0.2) is 6.20 Å². The molecule has 3 atom stereocenters. The van der Waals surface area contributed by atoms with E-state index in [1.165, 1.54) is 4.88 Å². The van der Waals surface area contributed by atoms with Crippen molar-refractivity contribution in [1.29, 1.82) is 0 Å². The van der Waals surface area contributed by atoms with E-state index in [-0.39, 0.29) is 5.91 Å². The van der Waals surface area contributed by atoms with Gasteiger partial charge in [-0.2, -0.15) is 0 Å². The highest BCUT2D eigenvalue weighted by Gasteiger charge is 2.41. The van der Waals surface area contributed by atoms with Crippen LogP contribution in [0.1, 0.15) is 43.0 Å². The summed E-state index contributed by atoms with van der Waals surface area (Å²) in [5.41, 5.74) is 0. The Balaban J connectivity index is 1.93. The molecule has 1 fully saturated rings. The predicted octanol–water partition coefficient (Wildman–Crippen LogP) is 2.46. The van der Waals surface area contributed by atoms with Gasteiger partial charge in [0, 0.05) is 11.1 Å². The highest BCUT2D eigenvalue weighted by Crippen LogP contribution is 2.38. The number of nitrogens with zero attached hydrogens (tertiary/aromatic N) is 1. The summed E-state index contributed by atoms with van der Waals surface area (Å²) in [7, 11) is 0. The summed E-state index contributed by atoms with van der Waals surface area (Å²) >= 11 is 1.59. The Kier molecular flexibility index (Phi) is 5.33. The van der Waals surface area contributed by atoms with Crippen LogP contribution in [-0.4, -0.2) is 22.0 Å². The quantitative estimate of drug-likeness (QED) is 0.846. The molecule has 1 aliphatic rings. The second-order valence-electron chi connectivity index (χ2n) is 5.59. The molecule has 6 heteroatoms. The minimum atomic E-state index is -0.853. The maximum atomic E-state index is 12.3.